The summed E-state index contributed by atoms with van der Waals surface area (Å²) in [6.07, 6.45) is 1.87. The first-order chi connectivity index (χ1) is 8.65. The van der Waals surface area contributed by atoms with Crippen LogP contribution in [-0.4, -0.2) is 30.6 Å². The molecular weight excluding hydrogens is 234 g/mol. The molecule has 0 N–H and O–H groups in total. The fourth-order valence-electron chi connectivity index (χ4n) is 2.00. The summed E-state index contributed by atoms with van der Waals surface area (Å²) in [5.74, 6) is 0.947. The van der Waals surface area contributed by atoms with E-state index in [0.717, 1.165) is 10.5 Å². The van der Waals surface area contributed by atoms with E-state index in [1.165, 1.54) is 7.05 Å². The van der Waals surface area contributed by atoms with Crippen LogP contribution in [0, 0.1) is 0 Å². The van der Waals surface area contributed by atoms with Crippen LogP contribution >= 0.6 is 0 Å². The summed E-state index contributed by atoms with van der Waals surface area (Å²) in [7, 11) is 1.49. The zero-order valence-corrected chi connectivity index (χ0v) is 9.80. The molecule has 1 fully saturated rings. The SMILES string of the molecule is CN1C(=O)C/C(=C\c2ccc3c(c2)OCO3)C1=O. The molecule has 92 valence electrons. The normalized spacial score (nSPS) is 20.1. The van der Waals surface area contributed by atoms with Crippen molar-refractivity contribution < 1.29 is 19.1 Å². The Balaban J connectivity index is 1.93. The van der Waals surface area contributed by atoms with E-state index in [1.54, 1.807) is 18.2 Å². The van der Waals surface area contributed by atoms with Gasteiger partial charge in [-0.05, 0) is 23.8 Å². The van der Waals surface area contributed by atoms with E-state index in [2.05, 4.69) is 0 Å². The summed E-state index contributed by atoms with van der Waals surface area (Å²) in [6, 6.07) is 5.42. The molecule has 1 saturated heterocycles. The number of imide groups is 1. The van der Waals surface area contributed by atoms with Gasteiger partial charge in [0.25, 0.3) is 5.91 Å². The van der Waals surface area contributed by atoms with E-state index >= 15 is 0 Å². The van der Waals surface area contributed by atoms with Crippen molar-refractivity contribution in [1.29, 1.82) is 0 Å². The van der Waals surface area contributed by atoms with E-state index in [0.29, 0.717) is 17.1 Å². The zero-order chi connectivity index (χ0) is 12.7. The number of likely N-dealkylation sites (tertiary alicyclic amines) is 1. The minimum absolute atomic E-state index is 0.157. The first-order valence-electron chi connectivity index (χ1n) is 5.56. The molecule has 2 aliphatic rings. The molecule has 2 heterocycles. The molecule has 0 aromatic heterocycles. The maximum absolute atomic E-state index is 11.7. The number of hydrogen-bond donors (Lipinski definition) is 0. The highest BCUT2D eigenvalue weighted by atomic mass is 16.7. The molecule has 0 atom stereocenters. The van der Waals surface area contributed by atoms with Crippen LogP contribution < -0.4 is 9.47 Å². The van der Waals surface area contributed by atoms with Crippen molar-refractivity contribution in [2.45, 2.75) is 6.42 Å². The quantitative estimate of drug-likeness (QED) is 0.551. The minimum atomic E-state index is -0.238. The van der Waals surface area contributed by atoms with Crippen molar-refractivity contribution in [2.24, 2.45) is 0 Å². The van der Waals surface area contributed by atoms with E-state index < -0.39 is 0 Å². The number of ether oxygens (including phenoxy) is 2. The standard InChI is InChI=1S/C13H11NO4/c1-14-12(15)6-9(13(14)16)4-8-2-3-10-11(5-8)18-7-17-10/h2-5H,6-7H2,1H3/b9-4+. The third-order valence-electron chi connectivity index (χ3n) is 3.03. The monoisotopic (exact) mass is 245 g/mol. The topological polar surface area (TPSA) is 55.8 Å². The van der Waals surface area contributed by atoms with Gasteiger partial charge >= 0.3 is 0 Å². The summed E-state index contributed by atoms with van der Waals surface area (Å²) in [6.45, 7) is 0.218. The number of nitrogens with zero attached hydrogens (tertiary/aromatic N) is 1. The van der Waals surface area contributed by atoms with Gasteiger partial charge in [0, 0.05) is 12.6 Å². The molecule has 3 rings (SSSR count). The molecule has 2 aliphatic heterocycles. The highest BCUT2D eigenvalue weighted by Crippen LogP contribution is 2.33. The van der Waals surface area contributed by atoms with E-state index in [-0.39, 0.29) is 25.0 Å². The lowest BCUT2D eigenvalue weighted by Gasteiger charge is -2.03. The first-order valence-corrected chi connectivity index (χ1v) is 5.56. The molecule has 2 amide bonds. The van der Waals surface area contributed by atoms with Crippen molar-refractivity contribution >= 4 is 17.9 Å². The predicted octanol–water partition coefficient (Wildman–Crippen LogP) is 1.19. The lowest BCUT2D eigenvalue weighted by atomic mass is 10.1. The van der Waals surface area contributed by atoms with Crippen molar-refractivity contribution in [3.05, 3.63) is 29.3 Å². The van der Waals surface area contributed by atoms with E-state index in [1.807, 2.05) is 6.07 Å². The van der Waals surface area contributed by atoms with Crippen molar-refractivity contribution in [3.8, 4) is 11.5 Å². The maximum Gasteiger partial charge on any atom is 0.256 e. The second-order valence-electron chi connectivity index (χ2n) is 4.22. The number of carbonyl (C=O) groups is 2. The van der Waals surface area contributed by atoms with Crippen LogP contribution in [0.4, 0.5) is 0 Å². The number of fused-ring (bicyclic) bond motifs is 1. The molecule has 1 aromatic carbocycles. The number of amides is 2. The summed E-state index contributed by atoms with van der Waals surface area (Å²) >= 11 is 0. The maximum atomic E-state index is 11.7. The van der Waals surface area contributed by atoms with Crippen molar-refractivity contribution in [3.63, 3.8) is 0 Å². The van der Waals surface area contributed by atoms with Crippen LogP contribution in [0.1, 0.15) is 12.0 Å². The second-order valence-corrected chi connectivity index (χ2v) is 4.22. The van der Waals surface area contributed by atoms with E-state index in [9.17, 15) is 9.59 Å². The molecule has 0 spiro atoms. The summed E-state index contributed by atoms with van der Waals surface area (Å²) in [5.41, 5.74) is 1.33. The van der Waals surface area contributed by atoms with Crippen LogP contribution in [0.15, 0.2) is 23.8 Å². The first kappa shape index (κ1) is 10.8. The van der Waals surface area contributed by atoms with Crippen LogP contribution in [0.3, 0.4) is 0 Å². The lowest BCUT2D eigenvalue weighted by Crippen LogP contribution is -2.23. The molecule has 0 bridgehead atoms. The molecule has 18 heavy (non-hydrogen) atoms. The third-order valence-corrected chi connectivity index (χ3v) is 3.03. The van der Waals surface area contributed by atoms with Gasteiger partial charge in [0.2, 0.25) is 12.7 Å². The number of hydrogen-bond acceptors (Lipinski definition) is 4. The zero-order valence-electron chi connectivity index (χ0n) is 9.80. The van der Waals surface area contributed by atoms with E-state index in [4.69, 9.17) is 9.47 Å². The minimum Gasteiger partial charge on any atom is -0.454 e. The number of carbonyl (C=O) groups excluding carboxylic acids is 2. The average molecular weight is 245 g/mol. The lowest BCUT2D eigenvalue weighted by molar-refractivity contribution is -0.135. The summed E-state index contributed by atoms with van der Waals surface area (Å²) < 4.78 is 10.5. The average Bonchev–Trinajstić information content (AvgIpc) is 2.91. The van der Waals surface area contributed by atoms with Crippen LogP contribution in [0.25, 0.3) is 6.08 Å². The van der Waals surface area contributed by atoms with Gasteiger partial charge in [-0.2, -0.15) is 0 Å². The highest BCUT2D eigenvalue weighted by molar-refractivity contribution is 6.15. The predicted molar refractivity (Wildman–Crippen MR) is 62.9 cm³/mol. The van der Waals surface area contributed by atoms with Gasteiger partial charge in [0.1, 0.15) is 0 Å². The Kier molecular flexibility index (Phi) is 2.33. The Morgan fingerprint density at radius 3 is 2.72 bits per heavy atom. The molecule has 0 unspecified atom stereocenters. The highest BCUT2D eigenvalue weighted by Gasteiger charge is 2.30. The van der Waals surface area contributed by atoms with Gasteiger partial charge in [0.05, 0.1) is 6.42 Å². The third kappa shape index (κ3) is 1.64. The molecular formula is C13H11NO4. The van der Waals surface area contributed by atoms with Gasteiger partial charge in [-0.1, -0.05) is 6.07 Å². The van der Waals surface area contributed by atoms with Crippen molar-refractivity contribution in [1.82, 2.24) is 4.90 Å². The van der Waals surface area contributed by atoms with Gasteiger partial charge in [0.15, 0.2) is 11.5 Å². The number of rotatable bonds is 1. The Morgan fingerprint density at radius 2 is 2.00 bits per heavy atom. The number of likely N-dealkylation sites (N-methyl/N-ethyl adjacent to an activating group) is 1. The Hall–Kier alpha value is -2.30. The van der Waals surface area contributed by atoms with Crippen LogP contribution in [-0.2, 0) is 9.59 Å². The second kappa shape index (κ2) is 3.87. The van der Waals surface area contributed by atoms with Gasteiger partial charge in [-0.25, -0.2) is 0 Å². The van der Waals surface area contributed by atoms with Crippen LogP contribution in [0.2, 0.25) is 0 Å². The Bertz CT molecular complexity index is 576. The fraction of sp³-hybridized carbons (Fsp3) is 0.231. The van der Waals surface area contributed by atoms with Gasteiger partial charge < -0.3 is 9.47 Å². The van der Waals surface area contributed by atoms with Gasteiger partial charge in [-0.15, -0.1) is 0 Å². The Morgan fingerprint density at radius 1 is 1.22 bits per heavy atom. The summed E-state index contributed by atoms with van der Waals surface area (Å²) in [5, 5.41) is 0. The smallest absolute Gasteiger partial charge is 0.256 e. The molecule has 0 aliphatic carbocycles. The van der Waals surface area contributed by atoms with Crippen LogP contribution in [0.5, 0.6) is 11.5 Å². The largest absolute Gasteiger partial charge is 0.454 e. The molecule has 0 saturated carbocycles. The number of benzene rings is 1. The molecule has 5 heteroatoms. The fourth-order valence-corrected chi connectivity index (χ4v) is 2.00. The molecule has 0 radical (unpaired) electrons. The Labute approximate surface area is 104 Å². The summed E-state index contributed by atoms with van der Waals surface area (Å²) in [4.78, 5) is 24.3. The molecule has 1 aromatic rings. The van der Waals surface area contributed by atoms with Gasteiger partial charge in [-0.3, -0.25) is 14.5 Å². The molecule has 5 nitrogen and oxygen atoms in total. The van der Waals surface area contributed by atoms with Crippen molar-refractivity contribution in [2.75, 3.05) is 13.8 Å².